The summed E-state index contributed by atoms with van der Waals surface area (Å²) in [5.41, 5.74) is -0.398. The summed E-state index contributed by atoms with van der Waals surface area (Å²) >= 11 is 0. The molecule has 2 N–H and O–H groups in total. The van der Waals surface area contributed by atoms with Crippen molar-refractivity contribution >= 4 is 11.7 Å². The highest BCUT2D eigenvalue weighted by Gasteiger charge is 2.09. The monoisotopic (exact) mass is 180 g/mol. The molecule has 0 aliphatic heterocycles. The van der Waals surface area contributed by atoms with Gasteiger partial charge >= 0.3 is 5.97 Å². The van der Waals surface area contributed by atoms with Crippen molar-refractivity contribution in [2.45, 2.75) is 0 Å². The van der Waals surface area contributed by atoms with Gasteiger partial charge in [0.2, 0.25) is 5.82 Å². The van der Waals surface area contributed by atoms with Crippen molar-refractivity contribution in [3.05, 3.63) is 28.4 Å². The second kappa shape index (κ2) is 2.41. The molecule has 0 atom stereocenters. The quantitative estimate of drug-likeness (QED) is 0.593. The van der Waals surface area contributed by atoms with E-state index in [4.69, 9.17) is 5.11 Å². The van der Waals surface area contributed by atoms with Crippen LogP contribution < -0.4 is 5.56 Å². The Morgan fingerprint density at radius 2 is 2.38 bits per heavy atom. The van der Waals surface area contributed by atoms with E-state index in [9.17, 15) is 9.59 Å². The molecule has 7 nitrogen and oxygen atoms in total. The minimum atomic E-state index is -1.23. The molecule has 66 valence electrons. The van der Waals surface area contributed by atoms with Crippen LogP contribution in [-0.2, 0) is 0 Å². The Kier molecular flexibility index (Phi) is 1.38. The first-order chi connectivity index (χ1) is 6.18. The SMILES string of the molecule is O=C(O)c1nc2nccc(=O)n2[nH]1. The van der Waals surface area contributed by atoms with Crippen LogP contribution in [0.15, 0.2) is 17.1 Å². The number of aromatic nitrogens is 4. The number of carbonyl (C=O) groups is 1. The molecule has 0 aliphatic carbocycles. The second-order valence-electron chi connectivity index (χ2n) is 2.30. The van der Waals surface area contributed by atoms with Gasteiger partial charge in [-0.1, -0.05) is 0 Å². The molecule has 0 aliphatic rings. The first-order valence-corrected chi connectivity index (χ1v) is 3.35. The molecule has 0 aromatic carbocycles. The first kappa shape index (κ1) is 7.47. The number of rotatable bonds is 1. The van der Waals surface area contributed by atoms with Gasteiger partial charge in [-0.2, -0.15) is 9.50 Å². The van der Waals surface area contributed by atoms with Gasteiger partial charge in [0.25, 0.3) is 11.3 Å². The molecule has 0 fully saturated rings. The maximum absolute atomic E-state index is 11.1. The number of carboxylic acid groups (broad SMARTS) is 1. The Bertz CT molecular complexity index is 526. The van der Waals surface area contributed by atoms with Crippen LogP contribution in [0.1, 0.15) is 10.6 Å². The largest absolute Gasteiger partial charge is 0.475 e. The van der Waals surface area contributed by atoms with Crippen LogP contribution in [0.2, 0.25) is 0 Å². The molecule has 0 spiro atoms. The standard InChI is InChI=1S/C6H4N4O3/c11-3-1-2-7-6-8-4(5(12)13)9-10(3)6/h1-2H,(H,12,13)(H,7,8,9). The third-order valence-corrected chi connectivity index (χ3v) is 1.46. The highest BCUT2D eigenvalue weighted by Crippen LogP contribution is 1.92. The Hall–Kier alpha value is -2.18. The van der Waals surface area contributed by atoms with Crippen LogP contribution >= 0.6 is 0 Å². The second-order valence-corrected chi connectivity index (χ2v) is 2.30. The maximum Gasteiger partial charge on any atom is 0.373 e. The zero-order valence-electron chi connectivity index (χ0n) is 6.26. The number of hydrogen-bond donors (Lipinski definition) is 2. The lowest BCUT2D eigenvalue weighted by molar-refractivity contribution is 0.0684. The van der Waals surface area contributed by atoms with Crippen molar-refractivity contribution in [2.75, 3.05) is 0 Å². The first-order valence-electron chi connectivity index (χ1n) is 3.35. The molecular formula is C6H4N4O3. The van der Waals surface area contributed by atoms with Crippen LogP contribution in [0.25, 0.3) is 5.78 Å². The molecule has 0 saturated carbocycles. The minimum absolute atomic E-state index is 0.0462. The van der Waals surface area contributed by atoms with Gasteiger partial charge in [-0.25, -0.2) is 9.78 Å². The average Bonchev–Trinajstić information content (AvgIpc) is 2.49. The zero-order valence-corrected chi connectivity index (χ0v) is 6.26. The van der Waals surface area contributed by atoms with Gasteiger partial charge in [-0.15, -0.1) is 0 Å². The summed E-state index contributed by atoms with van der Waals surface area (Å²) in [5.74, 6) is -1.49. The number of hydrogen-bond acceptors (Lipinski definition) is 4. The fourth-order valence-electron chi connectivity index (χ4n) is 0.909. The molecule has 0 amide bonds. The summed E-state index contributed by atoms with van der Waals surface area (Å²) in [6, 6.07) is 1.21. The van der Waals surface area contributed by atoms with Crippen LogP contribution in [0.3, 0.4) is 0 Å². The third-order valence-electron chi connectivity index (χ3n) is 1.46. The normalized spacial score (nSPS) is 10.5. The van der Waals surface area contributed by atoms with E-state index in [1.807, 2.05) is 0 Å². The fraction of sp³-hybridized carbons (Fsp3) is 0. The molecular weight excluding hydrogens is 176 g/mol. The van der Waals surface area contributed by atoms with Crippen molar-refractivity contribution in [1.29, 1.82) is 0 Å². The summed E-state index contributed by atoms with van der Waals surface area (Å²) in [6.45, 7) is 0. The smallest absolute Gasteiger partial charge is 0.373 e. The predicted molar refractivity (Wildman–Crippen MR) is 40.6 cm³/mol. The van der Waals surface area contributed by atoms with E-state index in [-0.39, 0.29) is 11.6 Å². The Labute approximate surface area is 70.7 Å². The van der Waals surface area contributed by atoms with E-state index in [1.54, 1.807) is 0 Å². The topological polar surface area (TPSA) is 100 Å². The predicted octanol–water partition coefficient (Wildman–Crippen LogP) is -0.884. The van der Waals surface area contributed by atoms with E-state index in [0.29, 0.717) is 0 Å². The lowest BCUT2D eigenvalue weighted by atomic mass is 10.6. The van der Waals surface area contributed by atoms with Crippen LogP contribution in [-0.4, -0.2) is 30.7 Å². The number of nitrogens with zero attached hydrogens (tertiary/aromatic N) is 3. The molecule has 2 heterocycles. The number of carboxylic acids is 1. The van der Waals surface area contributed by atoms with E-state index < -0.39 is 11.5 Å². The molecule has 0 saturated heterocycles. The van der Waals surface area contributed by atoms with Crippen molar-refractivity contribution in [3.8, 4) is 0 Å². The summed E-state index contributed by atoms with van der Waals surface area (Å²) in [6.07, 6.45) is 1.27. The van der Waals surface area contributed by atoms with Gasteiger partial charge in [0.15, 0.2) is 0 Å². The van der Waals surface area contributed by atoms with Gasteiger partial charge in [-0.05, 0) is 0 Å². The van der Waals surface area contributed by atoms with E-state index in [0.717, 1.165) is 4.52 Å². The molecule has 0 radical (unpaired) electrons. The Morgan fingerprint density at radius 3 is 3.00 bits per heavy atom. The van der Waals surface area contributed by atoms with Crippen LogP contribution in [0.4, 0.5) is 0 Å². The van der Waals surface area contributed by atoms with Gasteiger partial charge in [0.05, 0.1) is 0 Å². The Balaban J connectivity index is 2.83. The molecule has 0 bridgehead atoms. The summed E-state index contributed by atoms with van der Waals surface area (Å²) in [5, 5.41) is 10.8. The van der Waals surface area contributed by atoms with Crippen LogP contribution in [0, 0.1) is 0 Å². The fourth-order valence-corrected chi connectivity index (χ4v) is 0.909. The highest BCUT2D eigenvalue weighted by molar-refractivity contribution is 5.83. The number of nitrogens with one attached hydrogen (secondary N) is 1. The summed E-state index contributed by atoms with van der Waals surface area (Å²) in [7, 11) is 0. The number of H-pyrrole nitrogens is 1. The molecule has 13 heavy (non-hydrogen) atoms. The number of aromatic carboxylic acids is 1. The molecule has 0 unspecified atom stereocenters. The summed E-state index contributed by atoms with van der Waals surface area (Å²) in [4.78, 5) is 28.8. The molecule has 2 aromatic rings. The number of fused-ring (bicyclic) bond motifs is 1. The van der Waals surface area contributed by atoms with Gasteiger partial charge in [-0.3, -0.25) is 9.89 Å². The average molecular weight is 180 g/mol. The number of aromatic amines is 1. The van der Waals surface area contributed by atoms with Crippen molar-refractivity contribution < 1.29 is 9.90 Å². The van der Waals surface area contributed by atoms with E-state index >= 15 is 0 Å². The highest BCUT2D eigenvalue weighted by atomic mass is 16.4. The zero-order chi connectivity index (χ0) is 9.42. The van der Waals surface area contributed by atoms with Gasteiger partial charge in [0, 0.05) is 12.3 Å². The lowest BCUT2D eigenvalue weighted by Gasteiger charge is -1.85. The van der Waals surface area contributed by atoms with Gasteiger partial charge < -0.3 is 5.11 Å². The van der Waals surface area contributed by atoms with E-state index in [1.165, 1.54) is 12.3 Å². The third kappa shape index (κ3) is 1.06. The Morgan fingerprint density at radius 1 is 1.62 bits per heavy atom. The van der Waals surface area contributed by atoms with Gasteiger partial charge in [0.1, 0.15) is 0 Å². The minimum Gasteiger partial charge on any atom is -0.475 e. The van der Waals surface area contributed by atoms with Crippen molar-refractivity contribution in [2.24, 2.45) is 0 Å². The molecule has 2 aromatic heterocycles. The van der Waals surface area contributed by atoms with E-state index in [2.05, 4.69) is 15.1 Å². The van der Waals surface area contributed by atoms with Crippen molar-refractivity contribution in [3.63, 3.8) is 0 Å². The molecule has 7 heteroatoms. The molecule has 2 rings (SSSR count). The van der Waals surface area contributed by atoms with Crippen LogP contribution in [0.5, 0.6) is 0 Å². The summed E-state index contributed by atoms with van der Waals surface area (Å²) < 4.78 is 0.962. The maximum atomic E-state index is 11.1. The lowest BCUT2D eigenvalue weighted by Crippen LogP contribution is -2.13. The van der Waals surface area contributed by atoms with Crippen molar-refractivity contribution in [1.82, 2.24) is 19.6 Å².